The van der Waals surface area contributed by atoms with Gasteiger partial charge in [0, 0.05) is 21.4 Å². The molecule has 3 aromatic carbocycles. The summed E-state index contributed by atoms with van der Waals surface area (Å²) in [4.78, 5) is 1.23. The molecule has 0 N–H and O–H groups in total. The van der Waals surface area contributed by atoms with Gasteiger partial charge in [-0.2, -0.15) is 0 Å². The van der Waals surface area contributed by atoms with Crippen LogP contribution in [0.3, 0.4) is 0 Å². The third kappa shape index (κ3) is 6.31. The predicted molar refractivity (Wildman–Crippen MR) is 134 cm³/mol. The second-order valence-corrected chi connectivity index (χ2v) is 9.72. The summed E-state index contributed by atoms with van der Waals surface area (Å²) < 4.78 is 7.96. The molecule has 4 nitrogen and oxygen atoms in total. The Morgan fingerprint density at radius 3 is 2.38 bits per heavy atom. The Kier molecular flexibility index (Phi) is 8.15. The van der Waals surface area contributed by atoms with E-state index < -0.39 is 0 Å². The van der Waals surface area contributed by atoms with E-state index >= 15 is 0 Å². The van der Waals surface area contributed by atoms with Crippen molar-refractivity contribution in [2.45, 2.75) is 29.1 Å². The molecule has 0 fully saturated rings. The maximum atomic E-state index is 5.92. The molecule has 4 rings (SSSR count). The molecule has 0 amide bonds. The van der Waals surface area contributed by atoms with Crippen LogP contribution in [-0.4, -0.2) is 27.1 Å². The number of hydrogen-bond donors (Lipinski definition) is 0. The normalized spacial score (nSPS) is 10.9. The molecule has 32 heavy (non-hydrogen) atoms. The molecule has 1 aromatic heterocycles. The highest BCUT2D eigenvalue weighted by molar-refractivity contribution is 7.99. The molecule has 0 aliphatic carbocycles. The van der Waals surface area contributed by atoms with Crippen LogP contribution in [-0.2, 0) is 5.75 Å². The molecular formula is C25H24ClN3OS2. The molecule has 1 heterocycles. The largest absolute Gasteiger partial charge is 0.494 e. The molecule has 0 saturated carbocycles. The van der Waals surface area contributed by atoms with Gasteiger partial charge in [0.15, 0.2) is 5.16 Å². The van der Waals surface area contributed by atoms with Gasteiger partial charge in [-0.25, -0.2) is 0 Å². The van der Waals surface area contributed by atoms with Crippen LogP contribution in [0.4, 0.5) is 0 Å². The molecule has 0 aliphatic rings. The highest BCUT2D eigenvalue weighted by Gasteiger charge is 2.14. The van der Waals surface area contributed by atoms with Gasteiger partial charge in [-0.05, 0) is 61.9 Å². The van der Waals surface area contributed by atoms with E-state index in [1.165, 1.54) is 10.5 Å². The van der Waals surface area contributed by atoms with Crippen LogP contribution < -0.4 is 4.74 Å². The molecule has 0 radical (unpaired) electrons. The van der Waals surface area contributed by atoms with Crippen molar-refractivity contribution in [2.24, 2.45) is 0 Å². The van der Waals surface area contributed by atoms with Crippen molar-refractivity contribution in [3.63, 3.8) is 0 Å². The maximum absolute atomic E-state index is 5.92. The number of aromatic nitrogens is 3. The number of halogens is 1. The van der Waals surface area contributed by atoms with Gasteiger partial charge in [-0.3, -0.25) is 4.57 Å². The van der Waals surface area contributed by atoms with Gasteiger partial charge in [0.05, 0.1) is 12.4 Å². The van der Waals surface area contributed by atoms with E-state index in [0.29, 0.717) is 11.6 Å². The smallest absolute Gasteiger partial charge is 0.195 e. The van der Waals surface area contributed by atoms with E-state index in [9.17, 15) is 0 Å². The number of rotatable bonds is 10. The van der Waals surface area contributed by atoms with Gasteiger partial charge < -0.3 is 4.74 Å². The maximum Gasteiger partial charge on any atom is 0.195 e. The number of benzene rings is 3. The minimum Gasteiger partial charge on any atom is -0.494 e. The molecule has 0 saturated heterocycles. The van der Waals surface area contributed by atoms with Crippen LogP contribution in [0.25, 0.3) is 5.69 Å². The van der Waals surface area contributed by atoms with Crippen LogP contribution >= 0.6 is 35.1 Å². The minimum absolute atomic E-state index is 0.643. The Morgan fingerprint density at radius 1 is 0.875 bits per heavy atom. The van der Waals surface area contributed by atoms with E-state index in [4.69, 9.17) is 16.3 Å². The number of aryl methyl sites for hydroxylation is 1. The summed E-state index contributed by atoms with van der Waals surface area (Å²) in [5.74, 6) is 3.43. The summed E-state index contributed by atoms with van der Waals surface area (Å²) in [5, 5.41) is 10.6. The van der Waals surface area contributed by atoms with E-state index in [2.05, 4.69) is 58.1 Å². The predicted octanol–water partition coefficient (Wildman–Crippen LogP) is 7.08. The second kappa shape index (κ2) is 11.5. The van der Waals surface area contributed by atoms with E-state index in [0.717, 1.165) is 40.3 Å². The Hall–Kier alpha value is -2.41. The number of para-hydroxylation sites is 1. The molecule has 164 valence electrons. The van der Waals surface area contributed by atoms with Gasteiger partial charge >= 0.3 is 0 Å². The Labute approximate surface area is 202 Å². The summed E-state index contributed by atoms with van der Waals surface area (Å²) in [6, 6.07) is 26.3. The number of ether oxygens (including phenoxy) is 1. The lowest BCUT2D eigenvalue weighted by Gasteiger charge is -2.10. The van der Waals surface area contributed by atoms with Gasteiger partial charge in [0.1, 0.15) is 11.6 Å². The Balaban J connectivity index is 1.38. The number of hydrogen-bond acceptors (Lipinski definition) is 5. The first kappa shape index (κ1) is 22.8. The van der Waals surface area contributed by atoms with Crippen molar-refractivity contribution in [1.82, 2.24) is 14.8 Å². The van der Waals surface area contributed by atoms with Gasteiger partial charge in [0.2, 0.25) is 0 Å². The average Bonchev–Trinajstić information content (AvgIpc) is 3.23. The summed E-state index contributed by atoms with van der Waals surface area (Å²) >= 11 is 9.39. The van der Waals surface area contributed by atoms with Crippen molar-refractivity contribution in [1.29, 1.82) is 0 Å². The molecule has 0 atom stereocenters. The van der Waals surface area contributed by atoms with Gasteiger partial charge in [-0.15, -0.1) is 22.0 Å². The summed E-state index contributed by atoms with van der Waals surface area (Å²) in [6.07, 6.45) is 0.905. The zero-order chi connectivity index (χ0) is 22.2. The first-order valence-corrected chi connectivity index (χ1v) is 12.7. The van der Waals surface area contributed by atoms with Crippen molar-refractivity contribution in [3.8, 4) is 11.4 Å². The molecule has 0 unspecified atom stereocenters. The molecule has 0 aliphatic heterocycles. The van der Waals surface area contributed by atoms with Crippen LogP contribution in [0.2, 0.25) is 5.02 Å². The highest BCUT2D eigenvalue weighted by Crippen LogP contribution is 2.28. The zero-order valence-corrected chi connectivity index (χ0v) is 20.2. The topological polar surface area (TPSA) is 39.9 Å². The van der Waals surface area contributed by atoms with Crippen LogP contribution in [0.15, 0.2) is 88.9 Å². The first-order chi connectivity index (χ1) is 15.7. The molecule has 0 bridgehead atoms. The van der Waals surface area contributed by atoms with Crippen molar-refractivity contribution in [3.05, 3.63) is 95.3 Å². The fourth-order valence-electron chi connectivity index (χ4n) is 3.05. The molecule has 7 heteroatoms. The molecular weight excluding hydrogens is 458 g/mol. The second-order valence-electron chi connectivity index (χ2n) is 7.18. The minimum atomic E-state index is 0.643. The Bertz CT molecular complexity index is 1120. The molecule has 0 spiro atoms. The Morgan fingerprint density at radius 2 is 1.62 bits per heavy atom. The SMILES string of the molecule is Cc1ccc(SCc2nnc(SCCCOc3ccc(Cl)cc3)n2-c2ccccc2)cc1. The standard InChI is InChI=1S/C25H24ClN3OS2/c1-19-8-14-23(15-9-19)32-18-24-27-28-25(29(24)21-6-3-2-4-7-21)31-17-5-16-30-22-12-10-20(26)11-13-22/h2-4,6-15H,5,16-18H2,1H3. The highest BCUT2D eigenvalue weighted by atomic mass is 35.5. The summed E-state index contributed by atoms with van der Waals surface area (Å²) in [5.41, 5.74) is 2.34. The monoisotopic (exact) mass is 481 g/mol. The van der Waals surface area contributed by atoms with Crippen LogP contribution in [0.5, 0.6) is 5.75 Å². The van der Waals surface area contributed by atoms with Gasteiger partial charge in [-0.1, -0.05) is 59.3 Å². The number of nitrogens with zero attached hydrogens (tertiary/aromatic N) is 3. The average molecular weight is 482 g/mol. The lowest BCUT2D eigenvalue weighted by molar-refractivity contribution is 0.318. The lowest BCUT2D eigenvalue weighted by Crippen LogP contribution is -2.03. The fraction of sp³-hybridized carbons (Fsp3) is 0.200. The zero-order valence-electron chi connectivity index (χ0n) is 17.8. The van der Waals surface area contributed by atoms with Crippen LogP contribution in [0.1, 0.15) is 17.8 Å². The van der Waals surface area contributed by atoms with Gasteiger partial charge in [0.25, 0.3) is 0 Å². The lowest BCUT2D eigenvalue weighted by atomic mass is 10.2. The van der Waals surface area contributed by atoms with E-state index in [1.807, 2.05) is 42.5 Å². The molecule has 4 aromatic rings. The summed E-state index contributed by atoms with van der Waals surface area (Å²) in [6.45, 7) is 2.74. The van der Waals surface area contributed by atoms with Crippen LogP contribution in [0, 0.1) is 6.92 Å². The summed E-state index contributed by atoms with van der Waals surface area (Å²) in [7, 11) is 0. The first-order valence-electron chi connectivity index (χ1n) is 10.4. The quantitative estimate of drug-likeness (QED) is 0.179. The van der Waals surface area contributed by atoms with E-state index in [-0.39, 0.29) is 0 Å². The third-order valence-corrected chi connectivity index (χ3v) is 6.98. The third-order valence-electron chi connectivity index (χ3n) is 4.71. The fourth-order valence-corrected chi connectivity index (χ4v) is 4.87. The van der Waals surface area contributed by atoms with Crippen molar-refractivity contribution in [2.75, 3.05) is 12.4 Å². The number of thioether (sulfide) groups is 2. The van der Waals surface area contributed by atoms with Crippen molar-refractivity contribution >= 4 is 35.1 Å². The van der Waals surface area contributed by atoms with Crippen molar-refractivity contribution < 1.29 is 4.74 Å². The van der Waals surface area contributed by atoms with E-state index in [1.54, 1.807) is 23.5 Å².